The number of sulfonamides is 1. The van der Waals surface area contributed by atoms with Gasteiger partial charge in [-0.2, -0.15) is 0 Å². The largest absolute Gasteiger partial charge is 0.497 e. The molecule has 3 N–H and O–H groups in total. The molecule has 67 heavy (non-hydrogen) atoms. The minimum Gasteiger partial charge on any atom is -0.497 e. The zero-order chi connectivity index (χ0) is 48.1. The van der Waals surface area contributed by atoms with Gasteiger partial charge in [-0.3, -0.25) is 24.1 Å². The molecular formula is C50H53N5O11S. The van der Waals surface area contributed by atoms with Crippen LogP contribution in [0.15, 0.2) is 121 Å². The number of methoxy groups -OCH3 is 2. The molecule has 0 bridgehead atoms. The van der Waals surface area contributed by atoms with Gasteiger partial charge >= 0.3 is 12.1 Å². The number of nitrogens with one attached hydrogen (secondary N) is 3. The van der Waals surface area contributed by atoms with Crippen molar-refractivity contribution in [1.82, 2.24) is 19.9 Å². The average molecular weight is 932 g/mol. The number of carbonyl (C=O) groups is 5. The number of amides is 4. The minimum absolute atomic E-state index is 0.00860. The van der Waals surface area contributed by atoms with E-state index in [2.05, 4.69) is 21.9 Å². The third kappa shape index (κ3) is 11.2. The van der Waals surface area contributed by atoms with Gasteiger partial charge in [0.2, 0.25) is 11.8 Å². The van der Waals surface area contributed by atoms with Crippen molar-refractivity contribution in [3.63, 3.8) is 0 Å². The number of esters is 1. The number of fused-ring (bicyclic) bond motifs is 1. The van der Waals surface area contributed by atoms with Crippen LogP contribution in [0.2, 0.25) is 0 Å². The Labute approximate surface area is 389 Å². The van der Waals surface area contributed by atoms with E-state index in [0.29, 0.717) is 40.1 Å². The minimum atomic E-state index is -4.66. The van der Waals surface area contributed by atoms with E-state index >= 15 is 0 Å². The van der Waals surface area contributed by atoms with Crippen LogP contribution in [0.4, 0.5) is 10.5 Å². The highest BCUT2D eigenvalue weighted by Gasteiger charge is 2.61. The van der Waals surface area contributed by atoms with Crippen molar-refractivity contribution in [3.05, 3.63) is 127 Å². The number of hydrogen-bond acceptors (Lipinski definition) is 12. The van der Waals surface area contributed by atoms with Crippen LogP contribution < -0.4 is 24.8 Å². The van der Waals surface area contributed by atoms with Gasteiger partial charge in [-0.15, -0.1) is 6.58 Å². The number of ether oxygens (including phenoxy) is 4. The molecule has 1 saturated heterocycles. The first-order valence-electron chi connectivity index (χ1n) is 21.7. The van der Waals surface area contributed by atoms with Gasteiger partial charge in [-0.05, 0) is 69.0 Å². The highest BCUT2D eigenvalue weighted by Crippen LogP contribution is 2.45. The third-order valence-electron chi connectivity index (χ3n) is 11.5. The van der Waals surface area contributed by atoms with Crippen LogP contribution in [0.25, 0.3) is 22.2 Å². The number of likely N-dealkylation sites (tertiary alicyclic amines) is 1. The molecule has 1 aromatic heterocycles. The maximum absolute atomic E-state index is 14.5. The summed E-state index contributed by atoms with van der Waals surface area (Å²) < 4.78 is 52.6. The molecule has 0 unspecified atom stereocenters. The number of para-hydroxylation sites is 1. The average Bonchev–Trinajstić information content (AvgIpc) is 3.85. The molecule has 4 amide bonds. The molecule has 5 aromatic rings. The van der Waals surface area contributed by atoms with Crippen LogP contribution in [0.1, 0.15) is 51.2 Å². The summed E-state index contributed by atoms with van der Waals surface area (Å²) in [7, 11) is -1.79. The van der Waals surface area contributed by atoms with Crippen LogP contribution in [0, 0.1) is 5.92 Å². The summed E-state index contributed by atoms with van der Waals surface area (Å²) in [6.45, 7) is 8.85. The van der Waals surface area contributed by atoms with Gasteiger partial charge in [0.05, 0.1) is 44.1 Å². The van der Waals surface area contributed by atoms with E-state index in [0.717, 1.165) is 11.1 Å². The summed E-state index contributed by atoms with van der Waals surface area (Å²) in [5.74, 6) is -2.27. The van der Waals surface area contributed by atoms with Crippen LogP contribution in [-0.4, -0.2) is 92.1 Å². The van der Waals surface area contributed by atoms with Crippen molar-refractivity contribution in [3.8, 4) is 22.8 Å². The van der Waals surface area contributed by atoms with Crippen molar-refractivity contribution in [2.75, 3.05) is 26.1 Å². The van der Waals surface area contributed by atoms with Crippen LogP contribution in [0.5, 0.6) is 11.5 Å². The molecule has 7 rings (SSSR count). The number of aryl methyl sites for hydroxylation is 1. The molecule has 17 heteroatoms. The number of rotatable bonds is 16. The first-order valence-corrected chi connectivity index (χ1v) is 23.2. The lowest BCUT2D eigenvalue weighted by molar-refractivity contribution is -0.140. The summed E-state index contributed by atoms with van der Waals surface area (Å²) in [6, 6.07) is 28.2. The quantitative estimate of drug-likeness (QED) is 0.0714. The Hall–Kier alpha value is -7.27. The summed E-state index contributed by atoms with van der Waals surface area (Å²) >= 11 is 0. The van der Waals surface area contributed by atoms with E-state index in [1.54, 1.807) is 64.3 Å². The van der Waals surface area contributed by atoms with Crippen LogP contribution in [-0.2, 0) is 51.5 Å². The second-order valence-corrected chi connectivity index (χ2v) is 19.1. The Balaban J connectivity index is 1.09. The van der Waals surface area contributed by atoms with Crippen LogP contribution >= 0.6 is 0 Å². The normalized spacial score (nSPS) is 18.9. The lowest BCUT2D eigenvalue weighted by Gasteiger charge is -2.29. The molecule has 2 heterocycles. The van der Waals surface area contributed by atoms with Gasteiger partial charge in [0.1, 0.15) is 39.7 Å². The van der Waals surface area contributed by atoms with Gasteiger partial charge in [-0.25, -0.2) is 22.9 Å². The molecular weight excluding hydrogens is 879 g/mol. The molecule has 2 fully saturated rings. The molecule has 1 aliphatic heterocycles. The van der Waals surface area contributed by atoms with Gasteiger partial charge < -0.3 is 29.6 Å². The van der Waals surface area contributed by atoms with E-state index in [1.807, 2.05) is 42.5 Å². The fourth-order valence-electron chi connectivity index (χ4n) is 8.02. The third-order valence-corrected chi connectivity index (χ3v) is 12.9. The lowest BCUT2D eigenvalue weighted by Crippen LogP contribution is -2.56. The number of hydrogen-bond donors (Lipinski definition) is 3. The molecule has 350 valence electrons. The number of nitrogens with zero attached hydrogens (tertiary/aromatic N) is 2. The predicted octanol–water partition coefficient (Wildman–Crippen LogP) is 6.52. The molecule has 16 nitrogen and oxygen atoms in total. The van der Waals surface area contributed by atoms with Crippen molar-refractivity contribution >= 4 is 56.4 Å². The molecule has 2 aliphatic rings. The first kappa shape index (κ1) is 47.7. The van der Waals surface area contributed by atoms with E-state index in [1.165, 1.54) is 42.4 Å². The summed E-state index contributed by atoms with van der Waals surface area (Å²) in [5, 5.41) is 6.08. The standard InChI is InChI=1S/C50H53N5O11S/c1-7-34-29-50(34,47(59)54-67(61,62)43-19-12-11-18-38(43)52-44(56)25-32-15-13-14-31(24-32)20-23-45(57)64-6)53-46(58)41-27-36(30-55(41)48(60)66-49(2,3)4)65-42-28-39(33-16-9-8-10-17-33)51-40-26-35(63-5)21-22-37(40)42/h7-19,21-22,24,26,28,34,36,41H,1,20,23,25,27,29-30H2,2-6H3,(H,52,56)(H,53,58)(H,54,59)/t34-,36-,41+,50-/m1/s1. The molecule has 4 aromatic carbocycles. The fraction of sp³-hybridized carbons (Fsp3) is 0.320. The number of benzene rings is 4. The highest BCUT2D eigenvalue weighted by molar-refractivity contribution is 7.90. The monoisotopic (exact) mass is 931 g/mol. The first-order chi connectivity index (χ1) is 31.9. The Kier molecular flexibility index (Phi) is 14.0. The smallest absolute Gasteiger partial charge is 0.411 e. The molecule has 1 aliphatic carbocycles. The van der Waals surface area contributed by atoms with Gasteiger partial charge in [0.15, 0.2) is 0 Å². The van der Waals surface area contributed by atoms with Crippen molar-refractivity contribution in [1.29, 1.82) is 0 Å². The van der Waals surface area contributed by atoms with Crippen LogP contribution in [0.3, 0.4) is 0 Å². The second kappa shape index (κ2) is 19.7. The van der Waals surface area contributed by atoms with Gasteiger partial charge in [0.25, 0.3) is 15.9 Å². The summed E-state index contributed by atoms with van der Waals surface area (Å²) in [6.07, 6.45) is 0.410. The molecule has 0 radical (unpaired) electrons. The van der Waals surface area contributed by atoms with Crippen molar-refractivity contribution < 1.29 is 51.3 Å². The zero-order valence-corrected chi connectivity index (χ0v) is 38.7. The number of pyridine rings is 1. The SMILES string of the molecule is C=C[C@@H]1C[C@]1(NC(=O)[C@@H]1C[C@@H](Oc2cc(-c3ccccc3)nc3cc(OC)ccc23)CN1C(=O)OC(C)(C)C)C(=O)NS(=O)(=O)c1ccccc1NC(=O)Cc1cccc(CCC(=O)OC)c1. The Bertz CT molecular complexity index is 2830. The Morgan fingerprint density at radius 3 is 2.34 bits per heavy atom. The van der Waals surface area contributed by atoms with E-state index in [-0.39, 0.29) is 48.8 Å². The highest BCUT2D eigenvalue weighted by atomic mass is 32.2. The Morgan fingerprint density at radius 1 is 0.910 bits per heavy atom. The maximum atomic E-state index is 14.5. The summed E-state index contributed by atoms with van der Waals surface area (Å²) in [4.78, 5) is 73.0. The lowest BCUT2D eigenvalue weighted by atomic mass is 10.0. The fourth-order valence-corrected chi connectivity index (χ4v) is 9.23. The molecule has 4 atom stereocenters. The number of carbonyl (C=O) groups excluding carboxylic acids is 5. The number of anilines is 1. The summed E-state index contributed by atoms with van der Waals surface area (Å²) in [5.41, 5.74) is 0.763. The maximum Gasteiger partial charge on any atom is 0.411 e. The van der Waals surface area contributed by atoms with Crippen molar-refractivity contribution in [2.24, 2.45) is 5.92 Å². The molecule has 1 saturated carbocycles. The van der Waals surface area contributed by atoms with Gasteiger partial charge in [0, 0.05) is 41.8 Å². The van der Waals surface area contributed by atoms with E-state index in [9.17, 15) is 32.4 Å². The Morgan fingerprint density at radius 2 is 1.64 bits per heavy atom. The van der Waals surface area contributed by atoms with Gasteiger partial charge in [-0.1, -0.05) is 72.8 Å². The van der Waals surface area contributed by atoms with Crippen molar-refractivity contribution in [2.45, 2.75) is 81.1 Å². The van der Waals surface area contributed by atoms with E-state index in [4.69, 9.17) is 23.9 Å². The topological polar surface area (TPSA) is 209 Å². The number of aromatic nitrogens is 1. The van der Waals surface area contributed by atoms with E-state index < -0.39 is 63.0 Å². The zero-order valence-electron chi connectivity index (χ0n) is 37.9. The second-order valence-electron chi connectivity index (χ2n) is 17.4. The molecule has 0 spiro atoms. The predicted molar refractivity (Wildman–Crippen MR) is 250 cm³/mol.